The zero-order valence-corrected chi connectivity index (χ0v) is 10.4. The maximum atomic E-state index is 5.85. The Kier molecular flexibility index (Phi) is 2.71. The molecule has 0 saturated carbocycles. The Balaban J connectivity index is 2.59. The lowest BCUT2D eigenvalue weighted by molar-refractivity contribution is 0.883. The minimum Gasteiger partial charge on any atom is -0.382 e. The molecule has 0 atom stereocenters. The lowest BCUT2D eigenvalue weighted by Gasteiger charge is -2.07. The average Bonchev–Trinajstić information content (AvgIpc) is 2.49. The Labute approximate surface area is 101 Å². The zero-order valence-electron chi connectivity index (χ0n) is 8.04. The standard InChI is InChI=1S/C10H9BrClN3/c1-6-4-7(11)2-3-9(6)15-10(13)8(12)5-14-15/h2-5H,13H2,1H3. The second-order valence-electron chi connectivity index (χ2n) is 3.22. The van der Waals surface area contributed by atoms with E-state index in [4.69, 9.17) is 17.3 Å². The van der Waals surface area contributed by atoms with Gasteiger partial charge in [0.1, 0.15) is 10.8 Å². The molecular weight excluding hydrogens is 277 g/mol. The van der Waals surface area contributed by atoms with E-state index >= 15 is 0 Å². The van der Waals surface area contributed by atoms with Gasteiger partial charge in [-0.2, -0.15) is 5.10 Å². The van der Waals surface area contributed by atoms with E-state index in [2.05, 4.69) is 21.0 Å². The highest BCUT2D eigenvalue weighted by Gasteiger charge is 2.08. The SMILES string of the molecule is Cc1cc(Br)ccc1-n1ncc(Cl)c1N. The predicted molar refractivity (Wildman–Crippen MR) is 65.4 cm³/mol. The molecule has 1 aromatic heterocycles. The first-order valence-corrected chi connectivity index (χ1v) is 5.52. The number of hydrogen-bond donors (Lipinski definition) is 1. The summed E-state index contributed by atoms with van der Waals surface area (Å²) in [5, 5.41) is 4.59. The van der Waals surface area contributed by atoms with Crippen LogP contribution in [0.5, 0.6) is 0 Å². The van der Waals surface area contributed by atoms with Crippen LogP contribution in [0.2, 0.25) is 5.02 Å². The third-order valence-corrected chi connectivity index (χ3v) is 2.93. The second-order valence-corrected chi connectivity index (χ2v) is 4.54. The highest BCUT2D eigenvalue weighted by molar-refractivity contribution is 9.10. The van der Waals surface area contributed by atoms with Crippen molar-refractivity contribution in [2.24, 2.45) is 0 Å². The number of nitrogen functional groups attached to an aromatic ring is 1. The molecule has 2 aromatic rings. The Bertz CT molecular complexity index is 507. The lowest BCUT2D eigenvalue weighted by atomic mass is 10.2. The van der Waals surface area contributed by atoms with Crippen molar-refractivity contribution in [3.63, 3.8) is 0 Å². The molecule has 2 rings (SSSR count). The number of aryl methyl sites for hydroxylation is 1. The van der Waals surface area contributed by atoms with Crippen LogP contribution >= 0.6 is 27.5 Å². The second kappa shape index (κ2) is 3.87. The van der Waals surface area contributed by atoms with Gasteiger partial charge < -0.3 is 5.73 Å². The smallest absolute Gasteiger partial charge is 0.146 e. The number of nitrogens with two attached hydrogens (primary N) is 1. The predicted octanol–water partition coefficient (Wildman–Crippen LogP) is 3.18. The highest BCUT2D eigenvalue weighted by atomic mass is 79.9. The number of aromatic nitrogens is 2. The van der Waals surface area contributed by atoms with Gasteiger partial charge in [-0.25, -0.2) is 4.68 Å². The summed E-state index contributed by atoms with van der Waals surface area (Å²) in [6, 6.07) is 5.89. The molecule has 0 fully saturated rings. The summed E-state index contributed by atoms with van der Waals surface area (Å²) in [5.74, 6) is 0.460. The van der Waals surface area contributed by atoms with Crippen LogP contribution in [0.25, 0.3) is 5.69 Å². The van der Waals surface area contributed by atoms with Crippen molar-refractivity contribution in [3.05, 3.63) is 39.5 Å². The monoisotopic (exact) mass is 285 g/mol. The van der Waals surface area contributed by atoms with Crippen molar-refractivity contribution in [3.8, 4) is 5.69 Å². The van der Waals surface area contributed by atoms with E-state index < -0.39 is 0 Å². The van der Waals surface area contributed by atoms with Crippen LogP contribution < -0.4 is 5.73 Å². The molecule has 0 amide bonds. The van der Waals surface area contributed by atoms with Gasteiger partial charge in [-0.05, 0) is 30.7 Å². The van der Waals surface area contributed by atoms with Crippen molar-refractivity contribution >= 4 is 33.3 Å². The molecule has 1 aromatic carbocycles. The van der Waals surface area contributed by atoms with Crippen LogP contribution in [0.15, 0.2) is 28.9 Å². The summed E-state index contributed by atoms with van der Waals surface area (Å²) in [7, 11) is 0. The lowest BCUT2D eigenvalue weighted by Crippen LogP contribution is -2.03. The van der Waals surface area contributed by atoms with Gasteiger partial charge in [0.2, 0.25) is 0 Å². The van der Waals surface area contributed by atoms with Crippen molar-refractivity contribution in [1.82, 2.24) is 9.78 Å². The number of halogens is 2. The molecular formula is C10H9BrClN3. The Morgan fingerprint density at radius 1 is 1.47 bits per heavy atom. The first-order chi connectivity index (χ1) is 7.09. The third kappa shape index (κ3) is 1.87. The number of anilines is 1. The molecule has 3 nitrogen and oxygen atoms in total. The van der Waals surface area contributed by atoms with Gasteiger partial charge in [-0.3, -0.25) is 0 Å². The molecule has 0 unspecified atom stereocenters. The molecule has 0 aliphatic heterocycles. The molecule has 0 radical (unpaired) electrons. The van der Waals surface area contributed by atoms with E-state index in [1.54, 1.807) is 10.9 Å². The molecule has 0 spiro atoms. The summed E-state index contributed by atoms with van der Waals surface area (Å²) in [6.45, 7) is 2.00. The van der Waals surface area contributed by atoms with Crippen molar-refractivity contribution < 1.29 is 0 Å². The maximum Gasteiger partial charge on any atom is 0.146 e. The molecule has 0 bridgehead atoms. The van der Waals surface area contributed by atoms with Gasteiger partial charge in [0.05, 0.1) is 11.9 Å². The van der Waals surface area contributed by atoms with Crippen LogP contribution in [-0.4, -0.2) is 9.78 Å². The summed E-state index contributed by atoms with van der Waals surface area (Å²) in [6.07, 6.45) is 1.54. The van der Waals surface area contributed by atoms with E-state index in [1.807, 2.05) is 25.1 Å². The minimum absolute atomic E-state index is 0.460. The number of benzene rings is 1. The number of nitrogens with zero attached hydrogens (tertiary/aromatic N) is 2. The van der Waals surface area contributed by atoms with E-state index in [9.17, 15) is 0 Å². The van der Waals surface area contributed by atoms with Crippen LogP contribution in [0.1, 0.15) is 5.56 Å². The van der Waals surface area contributed by atoms with Gasteiger partial charge in [0.25, 0.3) is 0 Å². The third-order valence-electron chi connectivity index (χ3n) is 2.15. The molecule has 1 heterocycles. The van der Waals surface area contributed by atoms with Gasteiger partial charge in [0.15, 0.2) is 0 Å². The molecule has 5 heteroatoms. The quantitative estimate of drug-likeness (QED) is 0.875. The van der Waals surface area contributed by atoms with Gasteiger partial charge in [0, 0.05) is 4.47 Å². The van der Waals surface area contributed by atoms with E-state index in [1.165, 1.54) is 0 Å². The number of rotatable bonds is 1. The Morgan fingerprint density at radius 3 is 2.73 bits per heavy atom. The van der Waals surface area contributed by atoms with E-state index in [-0.39, 0.29) is 0 Å². The van der Waals surface area contributed by atoms with E-state index in [0.717, 1.165) is 15.7 Å². The van der Waals surface area contributed by atoms with Gasteiger partial charge >= 0.3 is 0 Å². The highest BCUT2D eigenvalue weighted by Crippen LogP contribution is 2.24. The Hall–Kier alpha value is -1.00. The molecule has 0 aliphatic rings. The normalized spacial score (nSPS) is 10.6. The summed E-state index contributed by atoms with van der Waals surface area (Å²) >= 11 is 9.25. The first kappa shape index (κ1) is 10.5. The van der Waals surface area contributed by atoms with Crippen LogP contribution in [-0.2, 0) is 0 Å². The van der Waals surface area contributed by atoms with Crippen molar-refractivity contribution in [1.29, 1.82) is 0 Å². The van der Waals surface area contributed by atoms with Gasteiger partial charge in [-0.1, -0.05) is 27.5 Å². The number of hydrogen-bond acceptors (Lipinski definition) is 2. The van der Waals surface area contributed by atoms with Crippen LogP contribution in [0, 0.1) is 6.92 Å². The van der Waals surface area contributed by atoms with Crippen molar-refractivity contribution in [2.45, 2.75) is 6.92 Å². The zero-order chi connectivity index (χ0) is 11.0. The maximum absolute atomic E-state index is 5.85. The average molecular weight is 287 g/mol. The Morgan fingerprint density at radius 2 is 2.20 bits per heavy atom. The first-order valence-electron chi connectivity index (χ1n) is 4.35. The fraction of sp³-hybridized carbons (Fsp3) is 0.100. The fourth-order valence-electron chi connectivity index (χ4n) is 1.39. The molecule has 15 heavy (non-hydrogen) atoms. The van der Waals surface area contributed by atoms with Crippen molar-refractivity contribution in [2.75, 3.05) is 5.73 Å². The van der Waals surface area contributed by atoms with Crippen LogP contribution in [0.4, 0.5) is 5.82 Å². The van der Waals surface area contributed by atoms with E-state index in [0.29, 0.717) is 10.8 Å². The minimum atomic E-state index is 0.460. The molecule has 0 saturated heterocycles. The topological polar surface area (TPSA) is 43.8 Å². The fourth-order valence-corrected chi connectivity index (χ4v) is 1.99. The summed E-state index contributed by atoms with van der Waals surface area (Å²) in [4.78, 5) is 0. The van der Waals surface area contributed by atoms with Gasteiger partial charge in [-0.15, -0.1) is 0 Å². The molecule has 78 valence electrons. The summed E-state index contributed by atoms with van der Waals surface area (Å²) in [5.41, 5.74) is 7.81. The summed E-state index contributed by atoms with van der Waals surface area (Å²) < 4.78 is 2.66. The molecule has 0 aliphatic carbocycles. The van der Waals surface area contributed by atoms with Crippen LogP contribution in [0.3, 0.4) is 0 Å². The molecule has 2 N–H and O–H groups in total. The largest absolute Gasteiger partial charge is 0.382 e.